The fraction of sp³-hybridized carbons (Fsp3) is 0.562. The molecule has 1 N–H and O–H groups in total. The Morgan fingerprint density at radius 1 is 1.14 bits per heavy atom. The first kappa shape index (κ1) is 15.4. The summed E-state index contributed by atoms with van der Waals surface area (Å²) in [5, 5.41) is 9.95. The SMILES string of the molecule is O=C(c1cccc(F)c1F)N1CCN([C@H]2CCC[C@H]2O)CC1. The van der Waals surface area contributed by atoms with Crippen molar-refractivity contribution in [1.82, 2.24) is 9.80 Å². The highest BCUT2D eigenvalue weighted by molar-refractivity contribution is 5.94. The molecule has 0 spiro atoms. The summed E-state index contributed by atoms with van der Waals surface area (Å²) in [6.45, 7) is 2.25. The van der Waals surface area contributed by atoms with Crippen molar-refractivity contribution in [3.8, 4) is 0 Å². The van der Waals surface area contributed by atoms with Crippen molar-refractivity contribution >= 4 is 5.91 Å². The molecule has 3 rings (SSSR count). The zero-order valence-corrected chi connectivity index (χ0v) is 12.3. The van der Waals surface area contributed by atoms with Crippen molar-refractivity contribution < 1.29 is 18.7 Å². The zero-order valence-electron chi connectivity index (χ0n) is 12.3. The molecule has 0 unspecified atom stereocenters. The maximum atomic E-state index is 13.7. The summed E-state index contributed by atoms with van der Waals surface area (Å²) >= 11 is 0. The summed E-state index contributed by atoms with van der Waals surface area (Å²) < 4.78 is 26.9. The maximum Gasteiger partial charge on any atom is 0.257 e. The topological polar surface area (TPSA) is 43.8 Å². The van der Waals surface area contributed by atoms with E-state index < -0.39 is 17.5 Å². The van der Waals surface area contributed by atoms with Crippen molar-refractivity contribution in [1.29, 1.82) is 0 Å². The monoisotopic (exact) mass is 310 g/mol. The highest BCUT2D eigenvalue weighted by atomic mass is 19.2. The second-order valence-corrected chi connectivity index (χ2v) is 6.00. The first-order valence-electron chi connectivity index (χ1n) is 7.73. The van der Waals surface area contributed by atoms with Gasteiger partial charge in [0.2, 0.25) is 0 Å². The Morgan fingerprint density at radius 2 is 1.86 bits per heavy atom. The lowest BCUT2D eigenvalue weighted by atomic mass is 10.1. The summed E-state index contributed by atoms with van der Waals surface area (Å²) in [4.78, 5) is 16.1. The Labute approximate surface area is 128 Å². The third kappa shape index (κ3) is 2.85. The van der Waals surface area contributed by atoms with Gasteiger partial charge in [0, 0.05) is 32.2 Å². The smallest absolute Gasteiger partial charge is 0.257 e. The molecule has 0 aromatic heterocycles. The van der Waals surface area contributed by atoms with Gasteiger partial charge < -0.3 is 10.0 Å². The molecule has 2 fully saturated rings. The molecular formula is C16H20F2N2O2. The second-order valence-electron chi connectivity index (χ2n) is 6.00. The number of nitrogens with zero attached hydrogens (tertiary/aromatic N) is 2. The Morgan fingerprint density at radius 3 is 2.50 bits per heavy atom. The van der Waals surface area contributed by atoms with Gasteiger partial charge >= 0.3 is 0 Å². The summed E-state index contributed by atoms with van der Waals surface area (Å²) in [5.74, 6) is -2.55. The highest BCUT2D eigenvalue weighted by Crippen LogP contribution is 2.25. The fourth-order valence-corrected chi connectivity index (χ4v) is 3.44. The molecule has 1 heterocycles. The minimum atomic E-state index is -1.08. The van der Waals surface area contributed by atoms with E-state index >= 15 is 0 Å². The third-order valence-electron chi connectivity index (χ3n) is 4.70. The van der Waals surface area contributed by atoms with Crippen LogP contribution in [0, 0.1) is 11.6 Å². The van der Waals surface area contributed by atoms with Gasteiger partial charge in [-0.05, 0) is 31.4 Å². The van der Waals surface area contributed by atoms with E-state index in [4.69, 9.17) is 0 Å². The molecule has 2 atom stereocenters. The number of aliphatic hydroxyl groups excluding tert-OH is 1. The lowest BCUT2D eigenvalue weighted by molar-refractivity contribution is 0.0313. The number of benzene rings is 1. The van der Waals surface area contributed by atoms with E-state index in [-0.39, 0.29) is 17.7 Å². The Balaban J connectivity index is 1.63. The van der Waals surface area contributed by atoms with Crippen LogP contribution in [0.5, 0.6) is 0 Å². The van der Waals surface area contributed by atoms with Crippen LogP contribution in [0.15, 0.2) is 18.2 Å². The van der Waals surface area contributed by atoms with Crippen LogP contribution in [0.3, 0.4) is 0 Å². The molecule has 1 aromatic carbocycles. The Bertz CT molecular complexity index is 559. The molecule has 6 heteroatoms. The van der Waals surface area contributed by atoms with Crippen molar-refractivity contribution in [2.45, 2.75) is 31.4 Å². The molecule has 1 saturated carbocycles. The maximum absolute atomic E-state index is 13.7. The Hall–Kier alpha value is -1.53. The third-order valence-corrected chi connectivity index (χ3v) is 4.70. The number of carbonyl (C=O) groups excluding carboxylic acids is 1. The second kappa shape index (κ2) is 6.30. The number of rotatable bonds is 2. The van der Waals surface area contributed by atoms with E-state index in [9.17, 15) is 18.7 Å². The standard InChI is InChI=1S/C16H20F2N2O2/c17-12-4-1-3-11(15(12)18)16(22)20-9-7-19(8-10-20)13-5-2-6-14(13)21/h1,3-4,13-14,21H,2,5-10H2/t13-,14+/m0/s1. The Kier molecular flexibility index (Phi) is 4.40. The number of amides is 1. The van der Waals surface area contributed by atoms with Crippen molar-refractivity contribution in [2.24, 2.45) is 0 Å². The van der Waals surface area contributed by atoms with E-state index in [2.05, 4.69) is 4.90 Å². The van der Waals surface area contributed by atoms with Gasteiger partial charge in [0.15, 0.2) is 11.6 Å². The molecule has 120 valence electrons. The molecule has 2 aliphatic rings. The normalized spacial score (nSPS) is 26.4. The van der Waals surface area contributed by atoms with Gasteiger partial charge in [0.25, 0.3) is 5.91 Å². The largest absolute Gasteiger partial charge is 0.391 e. The van der Waals surface area contributed by atoms with Gasteiger partial charge in [-0.25, -0.2) is 8.78 Å². The van der Waals surface area contributed by atoms with E-state index in [1.807, 2.05) is 0 Å². The number of hydrogen-bond acceptors (Lipinski definition) is 3. The molecule has 22 heavy (non-hydrogen) atoms. The predicted molar refractivity (Wildman–Crippen MR) is 77.5 cm³/mol. The van der Waals surface area contributed by atoms with Gasteiger partial charge in [-0.2, -0.15) is 0 Å². The quantitative estimate of drug-likeness (QED) is 0.903. The van der Waals surface area contributed by atoms with Crippen LogP contribution in [0.2, 0.25) is 0 Å². The van der Waals surface area contributed by atoms with Crippen molar-refractivity contribution in [2.75, 3.05) is 26.2 Å². The predicted octanol–water partition coefficient (Wildman–Crippen LogP) is 1.64. The van der Waals surface area contributed by atoms with Crippen LogP contribution in [-0.2, 0) is 0 Å². The molecule has 1 saturated heterocycles. The fourth-order valence-electron chi connectivity index (χ4n) is 3.44. The summed E-state index contributed by atoms with van der Waals surface area (Å²) in [6.07, 6.45) is 2.55. The van der Waals surface area contributed by atoms with Crippen molar-refractivity contribution in [3.63, 3.8) is 0 Å². The molecule has 4 nitrogen and oxygen atoms in total. The summed E-state index contributed by atoms with van der Waals surface area (Å²) in [5.41, 5.74) is -0.214. The highest BCUT2D eigenvalue weighted by Gasteiger charge is 2.33. The van der Waals surface area contributed by atoms with Crippen molar-refractivity contribution in [3.05, 3.63) is 35.4 Å². The summed E-state index contributed by atoms with van der Waals surface area (Å²) in [6, 6.07) is 3.83. The number of hydrogen-bond donors (Lipinski definition) is 1. The van der Waals surface area contributed by atoms with Gasteiger partial charge in [-0.15, -0.1) is 0 Å². The lowest BCUT2D eigenvalue weighted by Gasteiger charge is -2.39. The van der Waals surface area contributed by atoms with E-state index in [1.165, 1.54) is 12.1 Å². The van der Waals surface area contributed by atoms with E-state index in [0.29, 0.717) is 26.2 Å². The van der Waals surface area contributed by atoms with Crippen LogP contribution >= 0.6 is 0 Å². The summed E-state index contributed by atoms with van der Waals surface area (Å²) in [7, 11) is 0. The first-order valence-corrected chi connectivity index (χ1v) is 7.73. The van der Waals surface area contributed by atoms with E-state index in [0.717, 1.165) is 25.3 Å². The lowest BCUT2D eigenvalue weighted by Crippen LogP contribution is -2.53. The molecule has 0 bridgehead atoms. The van der Waals surface area contributed by atoms with Gasteiger partial charge in [0.05, 0.1) is 11.7 Å². The van der Waals surface area contributed by atoms with Crippen LogP contribution < -0.4 is 0 Å². The molecule has 1 aliphatic carbocycles. The zero-order chi connectivity index (χ0) is 15.7. The van der Waals surface area contributed by atoms with Crippen LogP contribution in [-0.4, -0.2) is 59.1 Å². The molecular weight excluding hydrogens is 290 g/mol. The molecule has 1 amide bonds. The van der Waals surface area contributed by atoms with Crippen LogP contribution in [0.25, 0.3) is 0 Å². The minimum Gasteiger partial charge on any atom is -0.391 e. The van der Waals surface area contributed by atoms with Gasteiger partial charge in [-0.3, -0.25) is 9.69 Å². The number of piperazine rings is 1. The van der Waals surface area contributed by atoms with Crippen LogP contribution in [0.4, 0.5) is 8.78 Å². The number of aliphatic hydroxyl groups is 1. The number of halogens is 2. The molecule has 1 aliphatic heterocycles. The number of carbonyl (C=O) groups is 1. The van der Waals surface area contributed by atoms with E-state index in [1.54, 1.807) is 4.90 Å². The van der Waals surface area contributed by atoms with Gasteiger partial charge in [0.1, 0.15) is 0 Å². The first-order chi connectivity index (χ1) is 10.6. The minimum absolute atomic E-state index is 0.170. The van der Waals surface area contributed by atoms with Crippen LogP contribution in [0.1, 0.15) is 29.6 Å². The average molecular weight is 310 g/mol. The average Bonchev–Trinajstić information content (AvgIpc) is 2.96. The molecule has 1 aromatic rings. The molecule has 0 radical (unpaired) electrons. The van der Waals surface area contributed by atoms with Gasteiger partial charge in [-0.1, -0.05) is 6.07 Å².